The topological polar surface area (TPSA) is 110 Å². The number of carbonyl (C=O) groups excluding carboxylic acids is 1. The molecule has 2 rings (SSSR count). The monoisotopic (exact) mass is 416 g/mol. The molecule has 0 saturated carbocycles. The largest absolute Gasteiger partial charge is 0.481 e. The van der Waals surface area contributed by atoms with E-state index in [2.05, 4.69) is 4.98 Å². The van der Waals surface area contributed by atoms with Crippen LogP contribution in [0.5, 0.6) is 5.75 Å². The van der Waals surface area contributed by atoms with Crippen molar-refractivity contribution in [1.82, 2.24) is 9.55 Å². The Morgan fingerprint density at radius 3 is 2.57 bits per heavy atom. The van der Waals surface area contributed by atoms with Crippen molar-refractivity contribution in [1.29, 1.82) is 0 Å². The molecule has 8 heteroatoms. The molecular weight excluding hydrogens is 384 g/mol. The number of aromatic amines is 1. The number of hydrogen-bond acceptors (Lipinski definition) is 5. The maximum atomic E-state index is 13.3. The number of benzene rings is 1. The molecule has 0 spiro atoms. The first kappa shape index (κ1) is 23.3. The number of aryl methyl sites for hydroxylation is 1. The Labute approximate surface area is 176 Å². The van der Waals surface area contributed by atoms with E-state index in [9.17, 15) is 14.4 Å². The number of anilines is 2. The molecule has 1 amide bonds. The van der Waals surface area contributed by atoms with Crippen LogP contribution in [0, 0.1) is 12.8 Å². The average molecular weight is 417 g/mol. The molecule has 0 radical (unpaired) electrons. The molecule has 8 nitrogen and oxygen atoms in total. The van der Waals surface area contributed by atoms with Gasteiger partial charge in [-0.05, 0) is 43.9 Å². The van der Waals surface area contributed by atoms with E-state index < -0.39 is 23.3 Å². The van der Waals surface area contributed by atoms with Gasteiger partial charge in [-0.25, -0.2) is 4.79 Å². The number of rotatable bonds is 9. The lowest BCUT2D eigenvalue weighted by atomic mass is 10.2. The lowest BCUT2D eigenvalue weighted by molar-refractivity contribution is -0.124. The van der Waals surface area contributed by atoms with Crippen LogP contribution in [0.4, 0.5) is 11.5 Å². The molecular formula is C22H32N4O4. The molecule has 0 aliphatic heterocycles. The number of nitrogens with one attached hydrogen (secondary N) is 1. The fourth-order valence-corrected chi connectivity index (χ4v) is 3.20. The molecule has 164 valence electrons. The van der Waals surface area contributed by atoms with E-state index in [1.807, 2.05) is 45.9 Å². The molecule has 1 atom stereocenters. The molecule has 3 N–H and O–H groups in total. The lowest BCUT2D eigenvalue weighted by Gasteiger charge is -2.27. The summed E-state index contributed by atoms with van der Waals surface area (Å²) in [6.07, 6.45) is 0.652. The number of nitrogens with two attached hydrogens (primary N) is 1. The van der Waals surface area contributed by atoms with Gasteiger partial charge >= 0.3 is 5.69 Å². The molecule has 0 fully saturated rings. The summed E-state index contributed by atoms with van der Waals surface area (Å²) in [4.78, 5) is 41.8. The molecule has 0 aliphatic carbocycles. The Balaban J connectivity index is 2.45. The molecule has 0 aliphatic rings. The Kier molecular flexibility index (Phi) is 7.86. The predicted molar refractivity (Wildman–Crippen MR) is 119 cm³/mol. The van der Waals surface area contributed by atoms with Crippen molar-refractivity contribution in [2.24, 2.45) is 5.92 Å². The number of carbonyl (C=O) groups is 1. The summed E-state index contributed by atoms with van der Waals surface area (Å²) < 4.78 is 7.13. The minimum Gasteiger partial charge on any atom is -0.481 e. The van der Waals surface area contributed by atoms with Gasteiger partial charge in [0.25, 0.3) is 11.5 Å². The summed E-state index contributed by atoms with van der Waals surface area (Å²) in [5.74, 6) is 0.298. The Morgan fingerprint density at radius 1 is 1.27 bits per heavy atom. The molecule has 1 aromatic carbocycles. The molecule has 0 bridgehead atoms. The van der Waals surface area contributed by atoms with Gasteiger partial charge < -0.3 is 15.4 Å². The number of hydrogen-bond donors (Lipinski definition) is 2. The lowest BCUT2D eigenvalue weighted by Crippen LogP contribution is -2.46. The van der Waals surface area contributed by atoms with Crippen molar-refractivity contribution in [3.63, 3.8) is 0 Å². The Morgan fingerprint density at radius 2 is 1.97 bits per heavy atom. The highest BCUT2D eigenvalue weighted by atomic mass is 16.5. The third-order valence-corrected chi connectivity index (χ3v) is 4.68. The number of nitrogens with zero attached hydrogens (tertiary/aromatic N) is 2. The van der Waals surface area contributed by atoms with Gasteiger partial charge in [0.2, 0.25) is 0 Å². The zero-order chi connectivity index (χ0) is 22.4. The zero-order valence-electron chi connectivity index (χ0n) is 18.4. The van der Waals surface area contributed by atoms with E-state index in [4.69, 9.17) is 10.5 Å². The second kappa shape index (κ2) is 10.1. The van der Waals surface area contributed by atoms with E-state index >= 15 is 0 Å². The number of nitrogen functional groups attached to an aromatic ring is 1. The minimum absolute atomic E-state index is 0.00612. The SMILES string of the molecule is CCCCN(C(=O)[C@H](C)Oc1cccc(C)c1)c1c(N)n(CC(C)C)c(=O)[nH]c1=O. The van der Waals surface area contributed by atoms with Crippen molar-refractivity contribution in [2.75, 3.05) is 17.2 Å². The number of ether oxygens (including phenoxy) is 1. The zero-order valence-corrected chi connectivity index (χ0v) is 18.4. The summed E-state index contributed by atoms with van der Waals surface area (Å²) >= 11 is 0. The Hall–Kier alpha value is -3.03. The Bertz CT molecular complexity index is 993. The standard InChI is InChI=1S/C22H32N4O4/c1-6-7-11-25(21(28)16(5)30-17-10-8-9-15(4)12-17)18-19(23)26(13-14(2)3)22(29)24-20(18)27/h8-10,12,14,16H,6-7,11,13,23H2,1-5H3,(H,24,27,29)/t16-/m0/s1. The normalized spacial score (nSPS) is 12.1. The van der Waals surface area contributed by atoms with E-state index in [1.54, 1.807) is 13.0 Å². The van der Waals surface area contributed by atoms with E-state index in [0.717, 1.165) is 12.0 Å². The first-order valence-electron chi connectivity index (χ1n) is 10.3. The van der Waals surface area contributed by atoms with Crippen LogP contribution < -0.4 is 26.6 Å². The number of aromatic nitrogens is 2. The molecule has 2 aromatic rings. The second-order valence-corrected chi connectivity index (χ2v) is 7.92. The second-order valence-electron chi connectivity index (χ2n) is 7.92. The smallest absolute Gasteiger partial charge is 0.330 e. The van der Waals surface area contributed by atoms with Crippen molar-refractivity contribution in [2.45, 2.75) is 60.1 Å². The third-order valence-electron chi connectivity index (χ3n) is 4.68. The van der Waals surface area contributed by atoms with Gasteiger partial charge in [0.1, 0.15) is 11.6 Å². The van der Waals surface area contributed by atoms with Gasteiger partial charge in [0.15, 0.2) is 11.8 Å². The van der Waals surface area contributed by atoms with Crippen LogP contribution in [0.3, 0.4) is 0 Å². The summed E-state index contributed by atoms with van der Waals surface area (Å²) in [5.41, 5.74) is 5.97. The van der Waals surface area contributed by atoms with Crippen LogP contribution in [0.25, 0.3) is 0 Å². The molecule has 0 saturated heterocycles. The molecule has 1 aromatic heterocycles. The molecule has 0 unspecified atom stereocenters. The minimum atomic E-state index is -0.840. The van der Waals surface area contributed by atoms with Crippen LogP contribution >= 0.6 is 0 Å². The highest BCUT2D eigenvalue weighted by Gasteiger charge is 2.28. The van der Waals surface area contributed by atoms with Crippen molar-refractivity contribution >= 4 is 17.4 Å². The third kappa shape index (κ3) is 5.52. The van der Waals surface area contributed by atoms with Gasteiger partial charge in [-0.15, -0.1) is 0 Å². The van der Waals surface area contributed by atoms with E-state index in [1.165, 1.54) is 9.47 Å². The fourth-order valence-electron chi connectivity index (χ4n) is 3.20. The fraction of sp³-hybridized carbons (Fsp3) is 0.500. The summed E-state index contributed by atoms with van der Waals surface area (Å²) in [7, 11) is 0. The van der Waals surface area contributed by atoms with Crippen LogP contribution in [0.1, 0.15) is 46.1 Å². The number of H-pyrrole nitrogens is 1. The van der Waals surface area contributed by atoms with Gasteiger partial charge in [0, 0.05) is 13.1 Å². The first-order chi connectivity index (χ1) is 14.1. The van der Waals surface area contributed by atoms with Gasteiger partial charge in [0.05, 0.1) is 0 Å². The maximum Gasteiger partial charge on any atom is 0.330 e. The van der Waals surface area contributed by atoms with Crippen molar-refractivity contribution in [3.05, 3.63) is 50.7 Å². The first-order valence-corrected chi connectivity index (χ1v) is 10.3. The van der Waals surface area contributed by atoms with Gasteiger partial charge in [-0.3, -0.25) is 19.1 Å². The average Bonchev–Trinajstić information content (AvgIpc) is 2.66. The summed E-state index contributed by atoms with van der Waals surface area (Å²) in [6.45, 7) is 10.1. The van der Waals surface area contributed by atoms with Crippen molar-refractivity contribution in [3.8, 4) is 5.75 Å². The van der Waals surface area contributed by atoms with E-state index in [-0.39, 0.29) is 17.4 Å². The number of unbranched alkanes of at least 4 members (excludes halogenated alkanes) is 1. The van der Waals surface area contributed by atoms with Crippen LogP contribution in [-0.4, -0.2) is 28.1 Å². The highest BCUT2D eigenvalue weighted by molar-refractivity contribution is 5.98. The quantitative estimate of drug-likeness (QED) is 0.653. The summed E-state index contributed by atoms with van der Waals surface area (Å²) in [6, 6.07) is 7.40. The van der Waals surface area contributed by atoms with Gasteiger partial charge in [-0.1, -0.05) is 39.3 Å². The summed E-state index contributed by atoms with van der Waals surface area (Å²) in [5, 5.41) is 0. The predicted octanol–water partition coefficient (Wildman–Crippen LogP) is 2.68. The van der Waals surface area contributed by atoms with Crippen molar-refractivity contribution < 1.29 is 9.53 Å². The number of amides is 1. The molecule has 30 heavy (non-hydrogen) atoms. The van der Waals surface area contributed by atoms with Crippen LogP contribution in [0.15, 0.2) is 33.9 Å². The van der Waals surface area contributed by atoms with Crippen LogP contribution in [-0.2, 0) is 11.3 Å². The van der Waals surface area contributed by atoms with E-state index in [0.29, 0.717) is 25.3 Å². The van der Waals surface area contributed by atoms with Gasteiger partial charge in [-0.2, -0.15) is 0 Å². The highest BCUT2D eigenvalue weighted by Crippen LogP contribution is 2.21. The maximum absolute atomic E-state index is 13.3. The van der Waals surface area contributed by atoms with Crippen LogP contribution in [0.2, 0.25) is 0 Å². The molecule has 1 heterocycles.